The molecule has 0 spiro atoms. The quantitative estimate of drug-likeness (QED) is 0.514. The standard InChI is InChI=1S/C27H28F4N4O2/c28-25-9-6-21(15-24(25)27(29,30)31)33-26(37)35(13-12-34-11-10-23(36)17-34)22-7-4-19(5-8-22)20-3-1-2-18(14-20)16-32/h1-4,6,9,14-15,22-23,36H,5,7-8,10-13,17H2,(H,33,37)/t22-,23+/m0/s1. The first kappa shape index (κ1) is 26.6. The molecule has 2 N–H and O–H groups in total. The summed E-state index contributed by atoms with van der Waals surface area (Å²) in [6.07, 6.45) is -0.764. The number of likely N-dealkylation sites (tertiary alicyclic amines) is 1. The number of carbonyl (C=O) groups is 1. The van der Waals surface area contributed by atoms with E-state index in [1.807, 2.05) is 29.2 Å². The van der Waals surface area contributed by atoms with E-state index in [-0.39, 0.29) is 11.7 Å². The van der Waals surface area contributed by atoms with Gasteiger partial charge in [-0.1, -0.05) is 18.2 Å². The van der Waals surface area contributed by atoms with Crippen LogP contribution in [0, 0.1) is 17.1 Å². The molecular weight excluding hydrogens is 488 g/mol. The molecule has 1 saturated heterocycles. The Hall–Kier alpha value is -3.42. The number of alkyl halides is 3. The lowest BCUT2D eigenvalue weighted by Crippen LogP contribution is -2.47. The third-order valence-electron chi connectivity index (χ3n) is 6.87. The number of hydrogen-bond acceptors (Lipinski definition) is 4. The van der Waals surface area contributed by atoms with Crippen LogP contribution in [0.4, 0.5) is 28.0 Å². The Kier molecular flexibility index (Phi) is 8.15. The minimum absolute atomic E-state index is 0.138. The summed E-state index contributed by atoms with van der Waals surface area (Å²) in [7, 11) is 0. The second-order valence-corrected chi connectivity index (χ2v) is 9.41. The van der Waals surface area contributed by atoms with E-state index in [0.717, 1.165) is 17.2 Å². The number of anilines is 1. The molecule has 1 aliphatic carbocycles. The van der Waals surface area contributed by atoms with Crippen LogP contribution in [-0.2, 0) is 6.18 Å². The number of benzene rings is 2. The van der Waals surface area contributed by atoms with Gasteiger partial charge in [-0.3, -0.25) is 4.90 Å². The summed E-state index contributed by atoms with van der Waals surface area (Å²) in [4.78, 5) is 16.9. The SMILES string of the molecule is N#Cc1cccc(C2=CC[C@H](N(CCN3CC[C@@H](O)C3)C(=O)Nc3ccc(F)c(C(F)(F)F)c3)CC2)c1. The van der Waals surface area contributed by atoms with Crippen molar-refractivity contribution in [3.63, 3.8) is 0 Å². The topological polar surface area (TPSA) is 79.6 Å². The van der Waals surface area contributed by atoms with Gasteiger partial charge in [-0.05, 0) is 67.2 Å². The van der Waals surface area contributed by atoms with Crippen LogP contribution in [0.3, 0.4) is 0 Å². The van der Waals surface area contributed by atoms with Crippen molar-refractivity contribution < 1.29 is 27.5 Å². The van der Waals surface area contributed by atoms with E-state index in [4.69, 9.17) is 0 Å². The van der Waals surface area contributed by atoms with Crippen LogP contribution in [0.1, 0.15) is 42.4 Å². The van der Waals surface area contributed by atoms with Crippen LogP contribution < -0.4 is 5.32 Å². The van der Waals surface area contributed by atoms with Crippen molar-refractivity contribution in [2.75, 3.05) is 31.5 Å². The van der Waals surface area contributed by atoms with Gasteiger partial charge in [0.15, 0.2) is 0 Å². The molecule has 37 heavy (non-hydrogen) atoms. The molecule has 6 nitrogen and oxygen atoms in total. The predicted molar refractivity (Wildman–Crippen MR) is 131 cm³/mol. The Bertz CT molecular complexity index is 1210. The van der Waals surface area contributed by atoms with Gasteiger partial charge in [0.1, 0.15) is 5.82 Å². The van der Waals surface area contributed by atoms with E-state index in [2.05, 4.69) is 11.4 Å². The first-order chi connectivity index (χ1) is 17.6. The first-order valence-corrected chi connectivity index (χ1v) is 12.2. The number of hydrogen-bond donors (Lipinski definition) is 2. The lowest BCUT2D eigenvalue weighted by molar-refractivity contribution is -0.139. The molecule has 2 aromatic rings. The molecule has 2 atom stereocenters. The summed E-state index contributed by atoms with van der Waals surface area (Å²) in [5.41, 5.74) is 1.01. The first-order valence-electron chi connectivity index (χ1n) is 12.2. The average molecular weight is 517 g/mol. The number of nitrogens with one attached hydrogen (secondary N) is 1. The molecule has 196 valence electrons. The summed E-state index contributed by atoms with van der Waals surface area (Å²) in [6.45, 7) is 2.04. The molecule has 1 aliphatic heterocycles. The third kappa shape index (κ3) is 6.67. The van der Waals surface area contributed by atoms with E-state index in [9.17, 15) is 32.7 Å². The Morgan fingerprint density at radius 2 is 2.03 bits per heavy atom. The molecular formula is C27H28F4N4O2. The van der Waals surface area contributed by atoms with Gasteiger partial charge in [-0.2, -0.15) is 18.4 Å². The van der Waals surface area contributed by atoms with Gasteiger partial charge in [-0.15, -0.1) is 0 Å². The van der Waals surface area contributed by atoms with Crippen molar-refractivity contribution in [1.82, 2.24) is 9.80 Å². The Morgan fingerprint density at radius 3 is 2.68 bits per heavy atom. The van der Waals surface area contributed by atoms with E-state index < -0.39 is 29.7 Å². The van der Waals surface area contributed by atoms with Gasteiger partial charge in [0.25, 0.3) is 0 Å². The van der Waals surface area contributed by atoms with E-state index in [1.54, 1.807) is 11.0 Å². The van der Waals surface area contributed by atoms with E-state index >= 15 is 0 Å². The van der Waals surface area contributed by atoms with Crippen LogP contribution in [0.5, 0.6) is 0 Å². The number of urea groups is 1. The molecule has 2 aromatic carbocycles. The normalized spacial score (nSPS) is 20.3. The molecule has 4 rings (SSSR count). The van der Waals surface area contributed by atoms with Gasteiger partial charge >= 0.3 is 12.2 Å². The van der Waals surface area contributed by atoms with Crippen molar-refractivity contribution in [2.45, 2.75) is 44.0 Å². The van der Waals surface area contributed by atoms with Gasteiger partial charge < -0.3 is 15.3 Å². The number of carbonyl (C=O) groups excluding carboxylic acids is 1. The highest BCUT2D eigenvalue weighted by molar-refractivity contribution is 5.89. The molecule has 0 bridgehead atoms. The second kappa shape index (κ2) is 11.3. The fourth-order valence-electron chi connectivity index (χ4n) is 4.88. The maximum Gasteiger partial charge on any atom is 0.419 e. The lowest BCUT2D eigenvalue weighted by Gasteiger charge is -2.35. The largest absolute Gasteiger partial charge is 0.419 e. The van der Waals surface area contributed by atoms with E-state index in [0.29, 0.717) is 69.6 Å². The maximum atomic E-state index is 13.7. The van der Waals surface area contributed by atoms with Gasteiger partial charge in [0.05, 0.1) is 23.3 Å². The number of rotatable bonds is 6. The zero-order chi connectivity index (χ0) is 26.6. The van der Waals surface area contributed by atoms with Crippen LogP contribution in [-0.4, -0.2) is 59.3 Å². The molecule has 0 radical (unpaired) electrons. The second-order valence-electron chi connectivity index (χ2n) is 9.41. The van der Waals surface area contributed by atoms with Crippen LogP contribution in [0.25, 0.3) is 5.57 Å². The van der Waals surface area contributed by atoms with E-state index in [1.165, 1.54) is 0 Å². The minimum Gasteiger partial charge on any atom is -0.392 e. The Labute approximate surface area is 212 Å². The molecule has 2 amide bonds. The highest BCUT2D eigenvalue weighted by atomic mass is 19.4. The van der Waals surface area contributed by atoms with Gasteiger partial charge in [-0.25, -0.2) is 9.18 Å². The number of allylic oxidation sites excluding steroid dienone is 1. The van der Waals surface area contributed by atoms with Crippen molar-refractivity contribution in [3.8, 4) is 6.07 Å². The molecule has 0 aromatic heterocycles. The molecule has 0 unspecified atom stereocenters. The van der Waals surface area contributed by atoms with Crippen molar-refractivity contribution in [2.24, 2.45) is 0 Å². The monoisotopic (exact) mass is 516 g/mol. The summed E-state index contributed by atoms with van der Waals surface area (Å²) in [5, 5.41) is 21.5. The third-order valence-corrected chi connectivity index (χ3v) is 6.87. The van der Waals surface area contributed by atoms with Crippen LogP contribution >= 0.6 is 0 Å². The van der Waals surface area contributed by atoms with Crippen molar-refractivity contribution in [1.29, 1.82) is 5.26 Å². The average Bonchev–Trinajstić information content (AvgIpc) is 3.30. The molecule has 10 heteroatoms. The number of aliphatic hydroxyl groups excluding tert-OH is 1. The zero-order valence-electron chi connectivity index (χ0n) is 20.1. The van der Waals surface area contributed by atoms with Crippen molar-refractivity contribution in [3.05, 3.63) is 71.0 Å². The summed E-state index contributed by atoms with van der Waals surface area (Å²) >= 11 is 0. The van der Waals surface area contributed by atoms with Crippen LogP contribution in [0.15, 0.2) is 48.5 Å². The lowest BCUT2D eigenvalue weighted by atomic mass is 9.89. The maximum absolute atomic E-state index is 13.7. The minimum atomic E-state index is -4.88. The molecule has 1 heterocycles. The molecule has 0 saturated carbocycles. The van der Waals surface area contributed by atoms with Crippen molar-refractivity contribution >= 4 is 17.3 Å². The number of nitrogens with zero attached hydrogens (tertiary/aromatic N) is 3. The fourth-order valence-corrected chi connectivity index (χ4v) is 4.88. The fraction of sp³-hybridized carbons (Fsp3) is 0.407. The summed E-state index contributed by atoms with van der Waals surface area (Å²) in [5.74, 6) is -1.40. The number of β-amino-alcohol motifs (C(OH)–C–C–N with tert-alkyl or cyclic N) is 1. The van der Waals surface area contributed by atoms with Gasteiger partial charge in [0, 0.05) is 37.9 Å². The Morgan fingerprint density at radius 1 is 1.22 bits per heavy atom. The van der Waals surface area contributed by atoms with Gasteiger partial charge in [0.2, 0.25) is 0 Å². The summed E-state index contributed by atoms with van der Waals surface area (Å²) in [6, 6.07) is 11.1. The smallest absolute Gasteiger partial charge is 0.392 e. The number of aliphatic hydroxyl groups is 1. The zero-order valence-corrected chi connectivity index (χ0v) is 20.1. The predicted octanol–water partition coefficient (Wildman–Crippen LogP) is 5.25. The molecule has 2 aliphatic rings. The summed E-state index contributed by atoms with van der Waals surface area (Å²) < 4.78 is 53.2. The highest BCUT2D eigenvalue weighted by Crippen LogP contribution is 2.34. The molecule has 1 fully saturated rings. The van der Waals surface area contributed by atoms with Crippen LogP contribution in [0.2, 0.25) is 0 Å². The Balaban J connectivity index is 1.51. The number of halogens is 4. The number of nitriles is 1. The highest BCUT2D eigenvalue weighted by Gasteiger charge is 2.35. The number of amides is 2.